The highest BCUT2D eigenvalue weighted by molar-refractivity contribution is 5.66. The zero-order chi connectivity index (χ0) is 32.0. The van der Waals surface area contributed by atoms with Gasteiger partial charge in [0.1, 0.15) is 24.7 Å². The second-order valence-corrected chi connectivity index (χ2v) is 10.8. The van der Waals surface area contributed by atoms with Gasteiger partial charge in [-0.2, -0.15) is 0 Å². The number of rotatable bonds is 10. The van der Waals surface area contributed by atoms with Crippen molar-refractivity contribution in [3.63, 3.8) is 0 Å². The van der Waals surface area contributed by atoms with Crippen LogP contribution in [-0.4, -0.2) is 76.1 Å². The van der Waals surface area contributed by atoms with E-state index in [0.29, 0.717) is 19.0 Å². The number of carbonyl (C=O) groups is 1. The molecule has 0 saturated carbocycles. The number of likely N-dealkylation sites (N-methyl/N-ethyl adjacent to an activating group) is 1. The zero-order valence-corrected chi connectivity index (χ0v) is 27.3. The van der Waals surface area contributed by atoms with Gasteiger partial charge in [0, 0.05) is 0 Å². The molecular formula is C36H52N2O6. The lowest BCUT2D eigenvalue weighted by molar-refractivity contribution is -0.137. The molecule has 0 amide bonds. The molecule has 2 heterocycles. The number of fused-ring (bicyclic) bond motifs is 1. The van der Waals surface area contributed by atoms with E-state index in [1.54, 1.807) is 0 Å². The van der Waals surface area contributed by atoms with Crippen molar-refractivity contribution in [1.29, 1.82) is 0 Å². The van der Waals surface area contributed by atoms with Gasteiger partial charge in [-0.05, 0) is 115 Å². The lowest BCUT2D eigenvalue weighted by atomic mass is 10.1. The molecule has 0 bridgehead atoms. The maximum atomic E-state index is 10.2. The first-order valence-electron chi connectivity index (χ1n) is 15.6. The third-order valence-corrected chi connectivity index (χ3v) is 6.70. The van der Waals surface area contributed by atoms with Crippen LogP contribution in [0.15, 0.2) is 66.7 Å². The van der Waals surface area contributed by atoms with Crippen LogP contribution in [-0.2, 0) is 11.2 Å². The number of ether oxygens (including phenoxy) is 4. The summed E-state index contributed by atoms with van der Waals surface area (Å²) in [4.78, 5) is 12.5. The van der Waals surface area contributed by atoms with Crippen molar-refractivity contribution in [3.8, 4) is 23.0 Å². The smallest absolute Gasteiger partial charge is 0.306 e. The van der Waals surface area contributed by atoms with Crippen LogP contribution in [0.5, 0.6) is 23.0 Å². The summed E-state index contributed by atoms with van der Waals surface area (Å²) in [6.07, 6.45) is 4.95. The van der Waals surface area contributed by atoms with Gasteiger partial charge in [-0.15, -0.1) is 0 Å². The van der Waals surface area contributed by atoms with Gasteiger partial charge in [0.2, 0.25) is 0 Å². The predicted octanol–water partition coefficient (Wildman–Crippen LogP) is 6.56. The Morgan fingerprint density at radius 3 is 1.86 bits per heavy atom. The monoisotopic (exact) mass is 608 g/mol. The summed E-state index contributed by atoms with van der Waals surface area (Å²) in [5.41, 5.74) is 3.71. The van der Waals surface area contributed by atoms with Crippen LogP contribution in [0.1, 0.15) is 49.3 Å². The van der Waals surface area contributed by atoms with E-state index in [1.807, 2.05) is 56.4 Å². The van der Waals surface area contributed by atoms with Crippen molar-refractivity contribution in [3.05, 3.63) is 83.4 Å². The summed E-state index contributed by atoms with van der Waals surface area (Å²) in [5.74, 6) is 2.59. The molecule has 242 valence electrons. The Kier molecular flexibility index (Phi) is 18.1. The van der Waals surface area contributed by atoms with Crippen LogP contribution in [0.25, 0.3) is 0 Å². The molecule has 0 atom stereocenters. The number of nitrogens with one attached hydrogen (secondary N) is 1. The van der Waals surface area contributed by atoms with Crippen LogP contribution in [0, 0.1) is 13.8 Å². The quantitative estimate of drug-likeness (QED) is 0.267. The first-order chi connectivity index (χ1) is 21.3. The number of nitrogens with zero attached hydrogens (tertiary/aromatic N) is 1. The highest BCUT2D eigenvalue weighted by Crippen LogP contribution is 2.30. The second-order valence-electron chi connectivity index (χ2n) is 10.8. The molecule has 3 aromatic carbocycles. The number of hydrogen-bond acceptors (Lipinski definition) is 7. The summed E-state index contributed by atoms with van der Waals surface area (Å²) in [6.45, 7) is 12.1. The summed E-state index contributed by atoms with van der Waals surface area (Å²) < 4.78 is 21.5. The molecule has 2 N–H and O–H groups in total. The van der Waals surface area contributed by atoms with Crippen molar-refractivity contribution >= 4 is 5.97 Å². The maximum absolute atomic E-state index is 10.2. The molecule has 0 radical (unpaired) electrons. The van der Waals surface area contributed by atoms with Crippen LogP contribution in [0.4, 0.5) is 0 Å². The minimum atomic E-state index is -0.841. The van der Waals surface area contributed by atoms with Crippen LogP contribution in [0.2, 0.25) is 0 Å². The first kappa shape index (κ1) is 36.4. The highest BCUT2D eigenvalue weighted by atomic mass is 16.6. The van der Waals surface area contributed by atoms with E-state index in [1.165, 1.54) is 37.1 Å². The molecule has 1 saturated heterocycles. The SMILES string of the molecule is CCCOc1ccc(C)cc1.CN1CCCC1.CNCCc1ccc2c(c1)OCCO2.Cc1ccc(OCCC(=O)O)cc1. The van der Waals surface area contributed by atoms with E-state index in [-0.39, 0.29) is 13.0 Å². The van der Waals surface area contributed by atoms with E-state index in [2.05, 4.69) is 55.4 Å². The van der Waals surface area contributed by atoms with E-state index in [0.717, 1.165) is 48.8 Å². The van der Waals surface area contributed by atoms with E-state index in [9.17, 15) is 4.79 Å². The molecule has 8 heteroatoms. The number of aliphatic carboxylic acids is 1. The second kappa shape index (κ2) is 21.9. The van der Waals surface area contributed by atoms with Gasteiger partial charge in [0.05, 0.1) is 19.6 Å². The molecule has 0 spiro atoms. The van der Waals surface area contributed by atoms with Crippen molar-refractivity contribution in [2.24, 2.45) is 0 Å². The molecule has 1 fully saturated rings. The molecule has 0 aromatic heterocycles. The number of carboxylic acids is 1. The minimum absolute atomic E-state index is 0.0356. The van der Waals surface area contributed by atoms with Gasteiger partial charge in [-0.1, -0.05) is 48.4 Å². The Morgan fingerprint density at radius 1 is 0.841 bits per heavy atom. The molecular weight excluding hydrogens is 556 g/mol. The van der Waals surface area contributed by atoms with Gasteiger partial charge < -0.3 is 34.3 Å². The number of aryl methyl sites for hydroxylation is 2. The molecule has 0 unspecified atom stereocenters. The van der Waals surface area contributed by atoms with E-state index < -0.39 is 5.97 Å². The lowest BCUT2D eigenvalue weighted by Gasteiger charge is -2.18. The topological polar surface area (TPSA) is 89.5 Å². The van der Waals surface area contributed by atoms with Crippen LogP contribution in [0.3, 0.4) is 0 Å². The fourth-order valence-electron chi connectivity index (χ4n) is 4.13. The zero-order valence-electron chi connectivity index (χ0n) is 27.3. The predicted molar refractivity (Wildman–Crippen MR) is 178 cm³/mol. The summed E-state index contributed by atoms with van der Waals surface area (Å²) >= 11 is 0. The third-order valence-electron chi connectivity index (χ3n) is 6.70. The molecule has 44 heavy (non-hydrogen) atoms. The first-order valence-corrected chi connectivity index (χ1v) is 15.6. The Hall–Kier alpha value is -3.75. The summed E-state index contributed by atoms with van der Waals surface area (Å²) in [7, 11) is 4.13. The van der Waals surface area contributed by atoms with Gasteiger partial charge in [-0.3, -0.25) is 4.79 Å². The van der Waals surface area contributed by atoms with Crippen molar-refractivity contribution < 1.29 is 28.8 Å². The van der Waals surface area contributed by atoms with Gasteiger partial charge >= 0.3 is 5.97 Å². The van der Waals surface area contributed by atoms with Crippen LogP contribution >= 0.6 is 0 Å². The largest absolute Gasteiger partial charge is 0.494 e. The average molecular weight is 609 g/mol. The van der Waals surface area contributed by atoms with Gasteiger partial charge in [-0.25, -0.2) is 0 Å². The fraction of sp³-hybridized carbons (Fsp3) is 0.472. The van der Waals surface area contributed by atoms with Crippen molar-refractivity contribution in [2.45, 2.75) is 52.9 Å². The maximum Gasteiger partial charge on any atom is 0.306 e. The number of carboxylic acid groups (broad SMARTS) is 1. The average Bonchev–Trinajstić information content (AvgIpc) is 3.52. The molecule has 5 rings (SSSR count). The number of likely N-dealkylation sites (tertiary alicyclic amines) is 1. The van der Waals surface area contributed by atoms with Crippen molar-refractivity contribution in [2.75, 3.05) is 60.2 Å². The Balaban J connectivity index is 0.000000212. The standard InChI is InChI=1S/C11H15NO2.C10H12O3.C10H14O.C5H11N/c1-12-5-4-9-2-3-10-11(8-9)14-7-6-13-10;1-8-2-4-9(5-3-8)13-7-6-10(11)12;1-3-8-11-10-6-4-9(2)5-7-10;1-6-4-2-3-5-6/h2-3,8,12H,4-7H2,1H3;2-5H,6-7H2,1H3,(H,11,12);4-7H,3,8H2,1-2H3;2-5H2,1H3. The Morgan fingerprint density at radius 2 is 1.39 bits per heavy atom. The Labute approximate surface area is 264 Å². The van der Waals surface area contributed by atoms with Crippen molar-refractivity contribution in [1.82, 2.24) is 10.2 Å². The summed E-state index contributed by atoms with van der Waals surface area (Å²) in [5, 5.41) is 11.5. The van der Waals surface area contributed by atoms with E-state index >= 15 is 0 Å². The minimum Gasteiger partial charge on any atom is -0.494 e. The molecule has 2 aliphatic heterocycles. The fourth-order valence-corrected chi connectivity index (χ4v) is 4.13. The highest BCUT2D eigenvalue weighted by Gasteiger charge is 2.11. The molecule has 0 aliphatic carbocycles. The van der Waals surface area contributed by atoms with Crippen LogP contribution < -0.4 is 24.3 Å². The number of benzene rings is 3. The molecule has 3 aromatic rings. The molecule has 2 aliphatic rings. The summed E-state index contributed by atoms with van der Waals surface area (Å²) in [6, 6.07) is 21.8. The Bertz CT molecular complexity index is 1180. The van der Waals surface area contributed by atoms with Gasteiger partial charge in [0.15, 0.2) is 11.5 Å². The van der Waals surface area contributed by atoms with E-state index in [4.69, 9.17) is 24.1 Å². The molecule has 8 nitrogen and oxygen atoms in total. The lowest BCUT2D eigenvalue weighted by Crippen LogP contribution is -2.16. The number of hydrogen-bond donors (Lipinski definition) is 2. The normalized spacial score (nSPS) is 13.2. The third kappa shape index (κ3) is 16.2. The van der Waals surface area contributed by atoms with Gasteiger partial charge in [0.25, 0.3) is 0 Å².